The van der Waals surface area contributed by atoms with Crippen LogP contribution in [-0.4, -0.2) is 67.3 Å². The summed E-state index contributed by atoms with van der Waals surface area (Å²) in [5.74, 6) is -0.296. The number of hydrogen-bond donors (Lipinski definition) is 1. The molecule has 2 aliphatic rings. The molecule has 0 unspecified atom stereocenters. The molecule has 0 aliphatic carbocycles. The minimum Gasteiger partial charge on any atom is -0.444 e. The van der Waals surface area contributed by atoms with Crippen molar-refractivity contribution < 1.29 is 23.9 Å². The molecule has 4 rings (SSSR count). The number of carbonyl (C=O) groups is 3. The maximum absolute atomic E-state index is 13.0. The number of fused-ring (bicyclic) bond motifs is 1. The molecule has 1 fully saturated rings. The molecule has 0 spiro atoms. The highest BCUT2D eigenvalue weighted by Gasteiger charge is 2.31. The van der Waals surface area contributed by atoms with E-state index >= 15 is 0 Å². The predicted octanol–water partition coefficient (Wildman–Crippen LogP) is 3.84. The Bertz CT molecular complexity index is 1260. The summed E-state index contributed by atoms with van der Waals surface area (Å²) < 4.78 is 11.1. The Kier molecular flexibility index (Phi) is 8.56. The lowest BCUT2D eigenvalue weighted by atomic mass is 9.95. The molecule has 2 heterocycles. The summed E-state index contributed by atoms with van der Waals surface area (Å²) in [4.78, 5) is 40.7. The van der Waals surface area contributed by atoms with Crippen LogP contribution in [0, 0.1) is 11.3 Å². The van der Waals surface area contributed by atoms with Crippen LogP contribution in [0.2, 0.25) is 0 Å². The SMILES string of the molecule is CN1C(=O)CCc2cc(-c3ccc(C[C@@H](C#N)NC(=O)[C@@H]4CN(C(=O)OC(C)(C)C)CCCO4)cc3)ccc21. The van der Waals surface area contributed by atoms with Crippen molar-refractivity contribution in [2.45, 2.75) is 64.2 Å². The average molecular weight is 533 g/mol. The Morgan fingerprint density at radius 2 is 1.87 bits per heavy atom. The minimum atomic E-state index is -0.878. The molecule has 2 aliphatic heterocycles. The van der Waals surface area contributed by atoms with Crippen LogP contribution in [0.5, 0.6) is 0 Å². The van der Waals surface area contributed by atoms with Gasteiger partial charge in [0, 0.05) is 38.7 Å². The van der Waals surface area contributed by atoms with Crippen molar-refractivity contribution in [3.05, 3.63) is 53.6 Å². The van der Waals surface area contributed by atoms with Crippen LogP contribution in [0.15, 0.2) is 42.5 Å². The van der Waals surface area contributed by atoms with E-state index in [0.29, 0.717) is 32.4 Å². The molecule has 2 aromatic carbocycles. The second kappa shape index (κ2) is 11.9. The van der Waals surface area contributed by atoms with Crippen molar-refractivity contribution in [3.63, 3.8) is 0 Å². The third-order valence-corrected chi connectivity index (χ3v) is 6.84. The summed E-state index contributed by atoms with van der Waals surface area (Å²) in [6.45, 7) is 6.22. The van der Waals surface area contributed by atoms with E-state index in [9.17, 15) is 19.6 Å². The number of hydrogen-bond acceptors (Lipinski definition) is 6. The standard InChI is InChI=1S/C30H36N4O5/c1-30(2,3)39-29(37)34-14-5-15-38-26(19-34)28(36)32-24(18-31)16-20-6-8-21(9-7-20)22-10-12-25-23(17-22)11-13-27(35)33(25)4/h6-10,12,17,24,26H,5,11,13-16,19H2,1-4H3,(H,32,36)/t24-,26-/m0/s1. The topological polar surface area (TPSA) is 112 Å². The normalized spacial score (nSPS) is 18.4. The third kappa shape index (κ3) is 7.15. The number of benzene rings is 2. The highest BCUT2D eigenvalue weighted by Crippen LogP contribution is 2.31. The molecular formula is C30H36N4O5. The second-order valence-electron chi connectivity index (χ2n) is 11.0. The molecular weight excluding hydrogens is 496 g/mol. The molecule has 9 heteroatoms. The van der Waals surface area contributed by atoms with Gasteiger partial charge in [0.1, 0.15) is 11.6 Å². The van der Waals surface area contributed by atoms with Crippen molar-refractivity contribution in [1.29, 1.82) is 5.26 Å². The van der Waals surface area contributed by atoms with Crippen LogP contribution < -0.4 is 10.2 Å². The van der Waals surface area contributed by atoms with E-state index in [1.165, 1.54) is 4.90 Å². The molecule has 2 atom stereocenters. The molecule has 1 saturated heterocycles. The molecule has 1 N–H and O–H groups in total. The number of nitriles is 1. The highest BCUT2D eigenvalue weighted by atomic mass is 16.6. The zero-order valence-corrected chi connectivity index (χ0v) is 23.0. The van der Waals surface area contributed by atoms with Crippen LogP contribution in [0.25, 0.3) is 11.1 Å². The fourth-order valence-electron chi connectivity index (χ4n) is 4.77. The Morgan fingerprint density at radius 3 is 2.56 bits per heavy atom. The number of amides is 3. The van der Waals surface area contributed by atoms with Crippen molar-refractivity contribution in [3.8, 4) is 17.2 Å². The van der Waals surface area contributed by atoms with Crippen molar-refractivity contribution in [2.24, 2.45) is 0 Å². The van der Waals surface area contributed by atoms with Gasteiger partial charge in [-0.05, 0) is 68.0 Å². The van der Waals surface area contributed by atoms with Crippen molar-refractivity contribution >= 4 is 23.6 Å². The number of aryl methyl sites for hydroxylation is 1. The van der Waals surface area contributed by atoms with E-state index in [0.717, 1.165) is 34.4 Å². The first-order valence-electron chi connectivity index (χ1n) is 13.3. The van der Waals surface area contributed by atoms with Crippen LogP contribution in [0.4, 0.5) is 10.5 Å². The number of anilines is 1. The summed E-state index contributed by atoms with van der Waals surface area (Å²) in [5.41, 5.74) is 4.47. The second-order valence-corrected chi connectivity index (χ2v) is 11.0. The first-order valence-corrected chi connectivity index (χ1v) is 13.3. The van der Waals surface area contributed by atoms with Crippen LogP contribution >= 0.6 is 0 Å². The molecule has 39 heavy (non-hydrogen) atoms. The van der Waals surface area contributed by atoms with Gasteiger partial charge in [-0.1, -0.05) is 30.3 Å². The Labute approximate surface area is 229 Å². The van der Waals surface area contributed by atoms with Gasteiger partial charge >= 0.3 is 6.09 Å². The van der Waals surface area contributed by atoms with Gasteiger partial charge in [-0.2, -0.15) is 5.26 Å². The van der Waals surface area contributed by atoms with Crippen LogP contribution in [0.1, 0.15) is 44.7 Å². The number of carbonyl (C=O) groups excluding carboxylic acids is 3. The average Bonchev–Trinajstić information content (AvgIpc) is 3.16. The maximum atomic E-state index is 13.0. The smallest absolute Gasteiger partial charge is 0.410 e. The van der Waals surface area contributed by atoms with Gasteiger partial charge in [0.25, 0.3) is 5.91 Å². The molecule has 0 saturated carbocycles. The van der Waals surface area contributed by atoms with E-state index in [1.54, 1.807) is 32.7 Å². The lowest BCUT2D eigenvalue weighted by molar-refractivity contribution is -0.133. The van der Waals surface area contributed by atoms with E-state index in [2.05, 4.69) is 17.5 Å². The zero-order chi connectivity index (χ0) is 28.2. The van der Waals surface area contributed by atoms with Crippen LogP contribution in [-0.2, 0) is 31.9 Å². The fourth-order valence-corrected chi connectivity index (χ4v) is 4.77. The summed E-state index contributed by atoms with van der Waals surface area (Å²) in [5, 5.41) is 12.5. The van der Waals surface area contributed by atoms with E-state index in [1.807, 2.05) is 36.4 Å². The van der Waals surface area contributed by atoms with Gasteiger partial charge in [0.15, 0.2) is 6.10 Å². The predicted molar refractivity (Wildman–Crippen MR) is 147 cm³/mol. The number of nitrogens with zero attached hydrogens (tertiary/aromatic N) is 3. The molecule has 9 nitrogen and oxygen atoms in total. The maximum Gasteiger partial charge on any atom is 0.410 e. The van der Waals surface area contributed by atoms with Gasteiger partial charge in [0.2, 0.25) is 5.91 Å². The van der Waals surface area contributed by atoms with Gasteiger partial charge < -0.3 is 24.6 Å². The van der Waals surface area contributed by atoms with Gasteiger partial charge in [-0.25, -0.2) is 4.79 Å². The Hall–Kier alpha value is -3.90. The molecule has 0 bridgehead atoms. The fraction of sp³-hybridized carbons (Fsp3) is 0.467. The number of ether oxygens (including phenoxy) is 2. The highest BCUT2D eigenvalue weighted by molar-refractivity contribution is 5.96. The van der Waals surface area contributed by atoms with E-state index in [-0.39, 0.29) is 12.5 Å². The van der Waals surface area contributed by atoms with Crippen LogP contribution in [0.3, 0.4) is 0 Å². The minimum absolute atomic E-state index is 0.0678. The molecule has 0 radical (unpaired) electrons. The van der Waals surface area contributed by atoms with E-state index in [4.69, 9.17) is 9.47 Å². The summed E-state index contributed by atoms with van der Waals surface area (Å²) in [6.07, 6.45) is 0.809. The monoisotopic (exact) mass is 532 g/mol. The Morgan fingerprint density at radius 1 is 1.15 bits per heavy atom. The number of rotatable bonds is 5. The first-order chi connectivity index (χ1) is 18.5. The lowest BCUT2D eigenvalue weighted by Crippen LogP contribution is -2.48. The molecule has 0 aromatic heterocycles. The van der Waals surface area contributed by atoms with Crippen molar-refractivity contribution in [1.82, 2.24) is 10.2 Å². The van der Waals surface area contributed by atoms with Gasteiger partial charge in [-0.3, -0.25) is 9.59 Å². The zero-order valence-electron chi connectivity index (χ0n) is 23.0. The molecule has 206 valence electrons. The Balaban J connectivity index is 1.37. The quantitative estimate of drug-likeness (QED) is 0.626. The first kappa shape index (κ1) is 28.1. The van der Waals surface area contributed by atoms with Gasteiger partial charge in [0.05, 0.1) is 12.6 Å². The summed E-state index contributed by atoms with van der Waals surface area (Å²) >= 11 is 0. The summed E-state index contributed by atoms with van der Waals surface area (Å²) in [7, 11) is 1.80. The van der Waals surface area contributed by atoms with E-state index < -0.39 is 29.7 Å². The lowest BCUT2D eigenvalue weighted by Gasteiger charge is -2.27. The largest absolute Gasteiger partial charge is 0.444 e. The van der Waals surface area contributed by atoms with Crippen molar-refractivity contribution in [2.75, 3.05) is 31.6 Å². The molecule has 2 aromatic rings. The molecule has 3 amide bonds. The number of nitrogens with one attached hydrogen (secondary N) is 1. The summed E-state index contributed by atoms with van der Waals surface area (Å²) in [6, 6.07) is 15.4. The third-order valence-electron chi connectivity index (χ3n) is 6.84. The van der Waals surface area contributed by atoms with Gasteiger partial charge in [-0.15, -0.1) is 0 Å².